The Hall–Kier alpha value is -3.52. The maximum Gasteiger partial charge on any atom is 0.264 e. The second-order valence-electron chi connectivity index (χ2n) is 6.96. The predicted molar refractivity (Wildman–Crippen MR) is 117 cm³/mol. The molecule has 8 heteroatoms. The Morgan fingerprint density at radius 1 is 0.903 bits per heavy atom. The minimum atomic E-state index is -3.92. The largest absolute Gasteiger partial charge is 0.486 e. The van der Waals surface area contributed by atoms with Crippen molar-refractivity contribution < 1.29 is 22.7 Å². The summed E-state index contributed by atoms with van der Waals surface area (Å²) in [5.41, 5.74) is 0.410. The van der Waals surface area contributed by atoms with Gasteiger partial charge in [0.2, 0.25) is 5.91 Å². The fourth-order valence-electron chi connectivity index (χ4n) is 3.21. The summed E-state index contributed by atoms with van der Waals surface area (Å²) in [6.45, 7) is 0.134. The highest BCUT2D eigenvalue weighted by atomic mass is 32.2. The maximum absolute atomic E-state index is 13.2. The van der Waals surface area contributed by atoms with Gasteiger partial charge >= 0.3 is 0 Å². The van der Waals surface area contributed by atoms with E-state index in [2.05, 4.69) is 5.32 Å². The van der Waals surface area contributed by atoms with Crippen LogP contribution in [-0.4, -0.2) is 40.1 Å². The molecule has 0 saturated carbocycles. The number of amides is 1. The smallest absolute Gasteiger partial charge is 0.264 e. The molecule has 1 amide bonds. The summed E-state index contributed by atoms with van der Waals surface area (Å²) >= 11 is 0. The van der Waals surface area contributed by atoms with Crippen molar-refractivity contribution >= 4 is 21.6 Å². The molecular weight excluding hydrogens is 416 g/mol. The van der Waals surface area contributed by atoms with Gasteiger partial charge < -0.3 is 14.8 Å². The van der Waals surface area contributed by atoms with E-state index in [1.165, 1.54) is 12.1 Å². The fraction of sp³-hybridized carbons (Fsp3) is 0.174. The average Bonchev–Trinajstić information content (AvgIpc) is 2.82. The first kappa shape index (κ1) is 20.7. The van der Waals surface area contributed by atoms with Crippen molar-refractivity contribution in [2.24, 2.45) is 0 Å². The van der Waals surface area contributed by atoms with Gasteiger partial charge in [0.05, 0.1) is 17.1 Å². The summed E-state index contributed by atoms with van der Waals surface area (Å²) in [5.74, 6) is 0.839. The third-order valence-corrected chi connectivity index (χ3v) is 6.55. The Morgan fingerprint density at radius 3 is 2.23 bits per heavy atom. The number of hydrogen-bond donors (Lipinski definition) is 1. The van der Waals surface area contributed by atoms with Gasteiger partial charge in [0.15, 0.2) is 11.5 Å². The van der Waals surface area contributed by atoms with Gasteiger partial charge in [0.1, 0.15) is 19.3 Å². The van der Waals surface area contributed by atoms with E-state index in [-0.39, 0.29) is 24.1 Å². The van der Waals surface area contributed by atoms with Gasteiger partial charge in [0, 0.05) is 0 Å². The Labute approximate surface area is 181 Å². The second kappa shape index (κ2) is 9.09. The lowest BCUT2D eigenvalue weighted by Gasteiger charge is -2.27. The number of benzene rings is 3. The van der Waals surface area contributed by atoms with Crippen LogP contribution in [0.5, 0.6) is 11.5 Å². The summed E-state index contributed by atoms with van der Waals surface area (Å²) in [7, 11) is -3.92. The Morgan fingerprint density at radius 2 is 1.52 bits per heavy atom. The van der Waals surface area contributed by atoms with Crippen LogP contribution in [0.1, 0.15) is 0 Å². The van der Waals surface area contributed by atoms with E-state index >= 15 is 0 Å². The predicted octanol–water partition coefficient (Wildman–Crippen LogP) is 2.84. The Kier molecular flexibility index (Phi) is 6.08. The molecule has 4 rings (SSSR count). The highest BCUT2D eigenvalue weighted by Crippen LogP contribution is 2.30. The van der Waals surface area contributed by atoms with Crippen molar-refractivity contribution in [1.82, 2.24) is 5.32 Å². The van der Waals surface area contributed by atoms with Gasteiger partial charge in [-0.2, -0.15) is 0 Å². The molecule has 1 aliphatic rings. The van der Waals surface area contributed by atoms with Crippen molar-refractivity contribution in [3.05, 3.63) is 84.9 Å². The van der Waals surface area contributed by atoms with Crippen molar-refractivity contribution in [2.75, 3.05) is 24.0 Å². The number of hydrogen-bond acceptors (Lipinski definition) is 5. The molecule has 160 valence electrons. The second-order valence-corrected chi connectivity index (χ2v) is 8.82. The number of anilines is 1. The number of fused-ring (bicyclic) bond motifs is 1. The van der Waals surface area contributed by atoms with Crippen LogP contribution in [0.15, 0.2) is 89.8 Å². The SMILES string of the molecule is O=C(CN(c1ccccc1)S(=O)(=O)c1ccccc1)NCC1COc2ccccc2O1. The van der Waals surface area contributed by atoms with Crippen LogP contribution >= 0.6 is 0 Å². The molecule has 1 aliphatic heterocycles. The minimum Gasteiger partial charge on any atom is -0.486 e. The molecular formula is C23H22N2O5S. The van der Waals surface area contributed by atoms with E-state index < -0.39 is 15.9 Å². The van der Waals surface area contributed by atoms with Crippen LogP contribution in [0.25, 0.3) is 0 Å². The van der Waals surface area contributed by atoms with Crippen LogP contribution < -0.4 is 19.1 Å². The van der Waals surface area contributed by atoms with E-state index in [0.717, 1.165) is 4.31 Å². The molecule has 0 bridgehead atoms. The molecule has 1 N–H and O–H groups in total. The fourth-order valence-corrected chi connectivity index (χ4v) is 4.65. The molecule has 31 heavy (non-hydrogen) atoms. The molecule has 0 fully saturated rings. The van der Waals surface area contributed by atoms with Gasteiger partial charge in [-0.3, -0.25) is 9.10 Å². The zero-order valence-electron chi connectivity index (χ0n) is 16.7. The average molecular weight is 439 g/mol. The van der Waals surface area contributed by atoms with E-state index in [1.54, 1.807) is 54.6 Å². The molecule has 0 aliphatic carbocycles. The summed E-state index contributed by atoms with van der Waals surface area (Å²) in [5, 5.41) is 2.76. The lowest BCUT2D eigenvalue weighted by atomic mass is 10.2. The number of carbonyl (C=O) groups is 1. The Balaban J connectivity index is 1.46. The summed E-state index contributed by atoms with van der Waals surface area (Å²) in [6, 6.07) is 23.9. The van der Waals surface area contributed by atoms with Gasteiger partial charge in [-0.1, -0.05) is 48.5 Å². The van der Waals surface area contributed by atoms with Crippen molar-refractivity contribution in [2.45, 2.75) is 11.0 Å². The first-order valence-electron chi connectivity index (χ1n) is 9.82. The van der Waals surface area contributed by atoms with Gasteiger partial charge in [0.25, 0.3) is 10.0 Å². The summed E-state index contributed by atoms with van der Waals surface area (Å²) < 4.78 is 39.0. The van der Waals surface area contributed by atoms with Gasteiger partial charge in [-0.05, 0) is 36.4 Å². The Bertz CT molecular complexity index is 1140. The quantitative estimate of drug-likeness (QED) is 0.613. The lowest BCUT2D eigenvalue weighted by Crippen LogP contribution is -2.45. The first-order chi connectivity index (χ1) is 15.0. The van der Waals surface area contributed by atoms with E-state index in [4.69, 9.17) is 9.47 Å². The number of rotatable bonds is 7. The summed E-state index contributed by atoms with van der Waals surface area (Å²) in [6.07, 6.45) is -0.366. The van der Waals surface area contributed by atoms with E-state index in [9.17, 15) is 13.2 Å². The van der Waals surface area contributed by atoms with Gasteiger partial charge in [-0.15, -0.1) is 0 Å². The number of para-hydroxylation sites is 3. The van der Waals surface area contributed by atoms with Crippen molar-refractivity contribution in [3.8, 4) is 11.5 Å². The highest BCUT2D eigenvalue weighted by Gasteiger charge is 2.28. The van der Waals surface area contributed by atoms with Crippen molar-refractivity contribution in [1.29, 1.82) is 0 Å². The lowest BCUT2D eigenvalue weighted by molar-refractivity contribution is -0.120. The molecule has 0 radical (unpaired) electrons. The van der Waals surface area contributed by atoms with Gasteiger partial charge in [-0.25, -0.2) is 8.42 Å². The third-order valence-electron chi connectivity index (χ3n) is 4.76. The molecule has 0 spiro atoms. The molecule has 3 aromatic rings. The molecule has 0 aromatic heterocycles. The van der Waals surface area contributed by atoms with Crippen LogP contribution in [0.4, 0.5) is 5.69 Å². The highest BCUT2D eigenvalue weighted by molar-refractivity contribution is 7.92. The number of nitrogens with zero attached hydrogens (tertiary/aromatic N) is 1. The van der Waals surface area contributed by atoms with Crippen LogP contribution in [0, 0.1) is 0 Å². The normalized spacial score (nSPS) is 15.2. The topological polar surface area (TPSA) is 84.9 Å². The van der Waals surface area contributed by atoms with Crippen LogP contribution in [-0.2, 0) is 14.8 Å². The molecule has 3 aromatic carbocycles. The maximum atomic E-state index is 13.2. The zero-order valence-corrected chi connectivity index (χ0v) is 17.5. The third kappa shape index (κ3) is 4.80. The van der Waals surface area contributed by atoms with E-state index in [0.29, 0.717) is 23.8 Å². The summed E-state index contributed by atoms with van der Waals surface area (Å²) in [4.78, 5) is 12.8. The number of nitrogens with one attached hydrogen (secondary N) is 1. The monoisotopic (exact) mass is 438 g/mol. The van der Waals surface area contributed by atoms with Crippen LogP contribution in [0.3, 0.4) is 0 Å². The number of sulfonamides is 1. The number of carbonyl (C=O) groups excluding carboxylic acids is 1. The molecule has 7 nitrogen and oxygen atoms in total. The minimum absolute atomic E-state index is 0.118. The van der Waals surface area contributed by atoms with Crippen molar-refractivity contribution in [3.63, 3.8) is 0 Å². The molecule has 1 unspecified atom stereocenters. The standard InChI is InChI=1S/C23H22N2O5S/c26-23(24-15-19-17-29-21-13-7-8-14-22(21)30-19)16-25(18-9-3-1-4-10-18)31(27,28)20-11-5-2-6-12-20/h1-14,19H,15-17H2,(H,24,26). The molecule has 1 heterocycles. The molecule has 0 saturated heterocycles. The molecule has 1 atom stereocenters. The van der Waals surface area contributed by atoms with E-state index in [1.807, 2.05) is 18.2 Å². The number of ether oxygens (including phenoxy) is 2. The zero-order chi connectivity index (χ0) is 21.7. The van der Waals surface area contributed by atoms with Crippen LogP contribution in [0.2, 0.25) is 0 Å². The first-order valence-corrected chi connectivity index (χ1v) is 11.3.